The molecule has 0 unspecified atom stereocenters. The molecule has 0 saturated heterocycles. The Bertz CT molecular complexity index is 429. The third kappa shape index (κ3) is 3.56. The number of carbonyl (C=O) groups is 2. The number of methoxy groups -OCH3 is 1. The molecule has 0 atom stereocenters. The summed E-state index contributed by atoms with van der Waals surface area (Å²) < 4.78 is 10.7. The van der Waals surface area contributed by atoms with Crippen molar-refractivity contribution in [3.63, 3.8) is 0 Å². The van der Waals surface area contributed by atoms with E-state index in [9.17, 15) is 9.59 Å². The van der Waals surface area contributed by atoms with Gasteiger partial charge in [0, 0.05) is 4.47 Å². The van der Waals surface area contributed by atoms with E-state index in [1.165, 1.54) is 7.11 Å². The molecule has 5 heteroatoms. The largest absolute Gasteiger partial charge is 0.496 e. The quantitative estimate of drug-likeness (QED) is 0.619. The highest BCUT2D eigenvalue weighted by molar-refractivity contribution is 9.10. The molecule has 0 aliphatic carbocycles. The molecule has 0 radical (unpaired) electrons. The maximum Gasteiger partial charge on any atom is 0.310 e. The van der Waals surface area contributed by atoms with Gasteiger partial charge in [0.25, 0.3) is 0 Å². The second kappa shape index (κ2) is 6.39. The van der Waals surface area contributed by atoms with Gasteiger partial charge in [0.2, 0.25) is 0 Å². The van der Waals surface area contributed by atoms with Gasteiger partial charge in [-0.05, 0) is 24.6 Å². The standard InChI is InChI=1S/C12H13BrO4/c1-3-17-12(15)5-8-4-9(13)6-11(16-2)10(8)7-14/h4,6-7H,3,5H2,1-2H3. The third-order valence-electron chi connectivity index (χ3n) is 2.17. The Hall–Kier alpha value is -1.36. The lowest BCUT2D eigenvalue weighted by Crippen LogP contribution is -2.10. The number of aldehydes is 1. The molecule has 0 amide bonds. The SMILES string of the molecule is CCOC(=O)Cc1cc(Br)cc(OC)c1C=O. The van der Waals surface area contributed by atoms with Gasteiger partial charge in [0.1, 0.15) is 5.75 Å². The normalized spacial score (nSPS) is 9.82. The van der Waals surface area contributed by atoms with Gasteiger partial charge in [-0.25, -0.2) is 0 Å². The summed E-state index contributed by atoms with van der Waals surface area (Å²) in [5.74, 6) is 0.0735. The average molecular weight is 301 g/mol. The van der Waals surface area contributed by atoms with E-state index in [1.807, 2.05) is 0 Å². The Morgan fingerprint density at radius 1 is 1.47 bits per heavy atom. The Kier molecular flexibility index (Phi) is 5.15. The van der Waals surface area contributed by atoms with Crippen LogP contribution in [0.1, 0.15) is 22.8 Å². The van der Waals surface area contributed by atoms with Crippen LogP contribution in [0.2, 0.25) is 0 Å². The predicted octanol–water partition coefficient (Wildman–Crippen LogP) is 2.38. The van der Waals surface area contributed by atoms with Crippen LogP contribution in [0.3, 0.4) is 0 Å². The third-order valence-corrected chi connectivity index (χ3v) is 2.63. The van der Waals surface area contributed by atoms with Gasteiger partial charge in [-0.2, -0.15) is 0 Å². The number of hydrogen-bond donors (Lipinski definition) is 0. The highest BCUT2D eigenvalue weighted by atomic mass is 79.9. The first-order chi connectivity index (χ1) is 8.12. The van der Waals surface area contributed by atoms with E-state index in [-0.39, 0.29) is 12.4 Å². The Labute approximate surface area is 108 Å². The molecule has 0 aliphatic heterocycles. The van der Waals surface area contributed by atoms with Crippen LogP contribution in [-0.2, 0) is 16.0 Å². The number of rotatable bonds is 5. The second-order valence-corrected chi connectivity index (χ2v) is 4.20. The number of benzene rings is 1. The number of esters is 1. The minimum atomic E-state index is -0.365. The molecule has 0 fully saturated rings. The average Bonchev–Trinajstić information content (AvgIpc) is 2.28. The van der Waals surface area contributed by atoms with Crippen molar-refractivity contribution in [1.82, 2.24) is 0 Å². The zero-order valence-corrected chi connectivity index (χ0v) is 11.2. The minimum absolute atomic E-state index is 0.0533. The van der Waals surface area contributed by atoms with Crippen LogP contribution < -0.4 is 4.74 Å². The van der Waals surface area contributed by atoms with E-state index in [4.69, 9.17) is 9.47 Å². The zero-order valence-electron chi connectivity index (χ0n) is 9.66. The van der Waals surface area contributed by atoms with E-state index in [0.29, 0.717) is 29.8 Å². The van der Waals surface area contributed by atoms with E-state index in [1.54, 1.807) is 19.1 Å². The Morgan fingerprint density at radius 3 is 2.71 bits per heavy atom. The number of ether oxygens (including phenoxy) is 2. The van der Waals surface area contributed by atoms with Gasteiger partial charge in [-0.1, -0.05) is 15.9 Å². The fraction of sp³-hybridized carbons (Fsp3) is 0.333. The number of carbonyl (C=O) groups excluding carboxylic acids is 2. The fourth-order valence-corrected chi connectivity index (χ4v) is 1.95. The molecule has 1 aromatic rings. The van der Waals surface area contributed by atoms with Crippen LogP contribution in [0.5, 0.6) is 5.75 Å². The molecule has 0 spiro atoms. The molecule has 0 aliphatic rings. The highest BCUT2D eigenvalue weighted by Gasteiger charge is 2.14. The first-order valence-corrected chi connectivity index (χ1v) is 5.88. The maximum absolute atomic E-state index is 11.4. The summed E-state index contributed by atoms with van der Waals surface area (Å²) >= 11 is 3.30. The van der Waals surface area contributed by atoms with Gasteiger partial charge >= 0.3 is 5.97 Å². The Balaban J connectivity index is 3.08. The summed E-state index contributed by atoms with van der Waals surface area (Å²) in [5.41, 5.74) is 0.966. The molecule has 4 nitrogen and oxygen atoms in total. The van der Waals surface area contributed by atoms with Crippen LogP contribution in [0.4, 0.5) is 0 Å². The zero-order chi connectivity index (χ0) is 12.8. The van der Waals surface area contributed by atoms with Crippen LogP contribution in [-0.4, -0.2) is 26.0 Å². The van der Waals surface area contributed by atoms with Gasteiger partial charge < -0.3 is 9.47 Å². The van der Waals surface area contributed by atoms with Crippen molar-refractivity contribution < 1.29 is 19.1 Å². The molecular formula is C12H13BrO4. The lowest BCUT2D eigenvalue weighted by Gasteiger charge is -2.10. The van der Waals surface area contributed by atoms with Crippen LogP contribution in [0, 0.1) is 0 Å². The summed E-state index contributed by atoms with van der Waals surface area (Å²) in [6, 6.07) is 3.39. The van der Waals surface area contributed by atoms with E-state index in [2.05, 4.69) is 15.9 Å². The van der Waals surface area contributed by atoms with E-state index in [0.717, 1.165) is 4.47 Å². The van der Waals surface area contributed by atoms with Gasteiger partial charge in [0.15, 0.2) is 6.29 Å². The summed E-state index contributed by atoms with van der Waals surface area (Å²) in [7, 11) is 1.48. The lowest BCUT2D eigenvalue weighted by atomic mass is 10.0. The number of hydrogen-bond acceptors (Lipinski definition) is 4. The van der Waals surface area contributed by atoms with Crippen LogP contribution >= 0.6 is 15.9 Å². The molecule has 0 bridgehead atoms. The highest BCUT2D eigenvalue weighted by Crippen LogP contribution is 2.26. The molecule has 0 N–H and O–H groups in total. The number of halogens is 1. The van der Waals surface area contributed by atoms with Crippen molar-refractivity contribution in [2.45, 2.75) is 13.3 Å². The van der Waals surface area contributed by atoms with Crippen molar-refractivity contribution >= 4 is 28.2 Å². The van der Waals surface area contributed by atoms with E-state index >= 15 is 0 Å². The molecule has 17 heavy (non-hydrogen) atoms. The van der Waals surface area contributed by atoms with Crippen LogP contribution in [0.25, 0.3) is 0 Å². The molecule has 1 aromatic carbocycles. The van der Waals surface area contributed by atoms with Gasteiger partial charge in [-0.3, -0.25) is 9.59 Å². The monoisotopic (exact) mass is 300 g/mol. The topological polar surface area (TPSA) is 52.6 Å². The second-order valence-electron chi connectivity index (χ2n) is 3.28. The summed E-state index contributed by atoms with van der Waals surface area (Å²) in [4.78, 5) is 22.4. The summed E-state index contributed by atoms with van der Waals surface area (Å²) in [6.45, 7) is 2.06. The smallest absolute Gasteiger partial charge is 0.310 e. The Morgan fingerprint density at radius 2 is 2.18 bits per heavy atom. The first kappa shape index (κ1) is 13.7. The van der Waals surface area contributed by atoms with E-state index < -0.39 is 0 Å². The van der Waals surface area contributed by atoms with Crippen molar-refractivity contribution in [2.75, 3.05) is 13.7 Å². The molecule has 92 valence electrons. The van der Waals surface area contributed by atoms with Gasteiger partial charge in [0.05, 0.1) is 25.7 Å². The summed E-state index contributed by atoms with van der Waals surface area (Å²) in [5, 5.41) is 0. The first-order valence-electron chi connectivity index (χ1n) is 5.09. The van der Waals surface area contributed by atoms with Crippen molar-refractivity contribution in [3.05, 3.63) is 27.7 Å². The lowest BCUT2D eigenvalue weighted by molar-refractivity contribution is -0.142. The molecule has 0 aromatic heterocycles. The molecule has 0 heterocycles. The van der Waals surface area contributed by atoms with Crippen molar-refractivity contribution in [3.8, 4) is 5.75 Å². The van der Waals surface area contributed by atoms with Crippen molar-refractivity contribution in [2.24, 2.45) is 0 Å². The predicted molar refractivity (Wildman–Crippen MR) is 66.4 cm³/mol. The summed E-state index contributed by atoms with van der Waals surface area (Å²) in [6.07, 6.45) is 0.734. The molecule has 1 rings (SSSR count). The fourth-order valence-electron chi connectivity index (χ4n) is 1.46. The van der Waals surface area contributed by atoms with Gasteiger partial charge in [-0.15, -0.1) is 0 Å². The maximum atomic E-state index is 11.4. The van der Waals surface area contributed by atoms with Crippen LogP contribution in [0.15, 0.2) is 16.6 Å². The molecule has 0 saturated carbocycles. The molecular weight excluding hydrogens is 288 g/mol. The minimum Gasteiger partial charge on any atom is -0.496 e. The van der Waals surface area contributed by atoms with Crippen molar-refractivity contribution in [1.29, 1.82) is 0 Å².